The summed E-state index contributed by atoms with van der Waals surface area (Å²) in [6.07, 6.45) is 2.31. The summed E-state index contributed by atoms with van der Waals surface area (Å²) >= 11 is 1.77. The summed E-state index contributed by atoms with van der Waals surface area (Å²) in [5.74, 6) is 0. The second-order valence-electron chi connectivity index (χ2n) is 3.34. The molecule has 1 aromatic rings. The first-order valence-electron chi connectivity index (χ1n) is 5.39. The lowest BCUT2D eigenvalue weighted by molar-refractivity contribution is 0.529. The molecule has 0 atom stereocenters. The average Bonchev–Trinajstić information content (AvgIpc) is 2.70. The molecule has 0 aliphatic carbocycles. The Morgan fingerprint density at radius 2 is 2.13 bits per heavy atom. The van der Waals surface area contributed by atoms with Crippen molar-refractivity contribution in [2.24, 2.45) is 0 Å². The van der Waals surface area contributed by atoms with Crippen LogP contribution in [0.4, 0.5) is 0 Å². The zero-order valence-corrected chi connectivity index (χ0v) is 10.4. The van der Waals surface area contributed by atoms with E-state index in [1.54, 1.807) is 11.8 Å². The molecule has 1 N–H and O–H groups in total. The number of likely N-dealkylation sites (N-methyl/N-ethyl adjacent to an activating group) is 1. The number of rotatable bonds is 7. The molecular formula is C9H19N5S. The van der Waals surface area contributed by atoms with Crippen molar-refractivity contribution in [3.05, 3.63) is 0 Å². The van der Waals surface area contributed by atoms with Gasteiger partial charge in [0.05, 0.1) is 6.54 Å². The normalized spacial score (nSPS) is 11.2. The summed E-state index contributed by atoms with van der Waals surface area (Å²) in [7, 11) is 1.93. The standard InChI is InChI=1S/C9H19N5S/c1-4-8(5-2)15-9-11-12-13-14(9)7-6-10-3/h8,10H,4-7H2,1-3H3. The van der Waals surface area contributed by atoms with Crippen molar-refractivity contribution >= 4 is 11.8 Å². The molecule has 1 aromatic heterocycles. The van der Waals surface area contributed by atoms with Gasteiger partial charge in [0, 0.05) is 11.8 Å². The van der Waals surface area contributed by atoms with E-state index in [1.165, 1.54) is 0 Å². The first-order chi connectivity index (χ1) is 7.31. The van der Waals surface area contributed by atoms with Gasteiger partial charge < -0.3 is 5.32 Å². The molecule has 1 heterocycles. The Labute approximate surface area is 95.0 Å². The molecule has 86 valence electrons. The van der Waals surface area contributed by atoms with E-state index < -0.39 is 0 Å². The number of thioether (sulfide) groups is 1. The molecule has 0 saturated carbocycles. The van der Waals surface area contributed by atoms with Crippen molar-refractivity contribution in [1.29, 1.82) is 0 Å². The molecule has 0 aromatic carbocycles. The largest absolute Gasteiger partial charge is 0.318 e. The minimum Gasteiger partial charge on any atom is -0.318 e. The Morgan fingerprint density at radius 3 is 2.73 bits per heavy atom. The second kappa shape index (κ2) is 6.79. The first-order valence-corrected chi connectivity index (χ1v) is 6.27. The van der Waals surface area contributed by atoms with Crippen LogP contribution in [-0.2, 0) is 6.54 Å². The van der Waals surface area contributed by atoms with E-state index >= 15 is 0 Å². The molecular weight excluding hydrogens is 210 g/mol. The fourth-order valence-corrected chi connectivity index (χ4v) is 2.21. The maximum absolute atomic E-state index is 4.04. The molecule has 0 aliphatic rings. The molecule has 6 heteroatoms. The van der Waals surface area contributed by atoms with Crippen LogP contribution in [0.5, 0.6) is 0 Å². The second-order valence-corrected chi connectivity index (χ2v) is 4.61. The maximum Gasteiger partial charge on any atom is 0.209 e. The zero-order valence-electron chi connectivity index (χ0n) is 9.60. The van der Waals surface area contributed by atoms with E-state index in [0.717, 1.165) is 31.1 Å². The number of nitrogens with zero attached hydrogens (tertiary/aromatic N) is 4. The molecule has 0 fully saturated rings. The van der Waals surface area contributed by atoms with Crippen LogP contribution < -0.4 is 5.32 Å². The zero-order chi connectivity index (χ0) is 11.1. The number of nitrogens with one attached hydrogen (secondary N) is 1. The van der Waals surface area contributed by atoms with Crippen LogP contribution in [0.3, 0.4) is 0 Å². The van der Waals surface area contributed by atoms with Crippen molar-refractivity contribution in [3.63, 3.8) is 0 Å². The molecule has 0 aliphatic heterocycles. The topological polar surface area (TPSA) is 55.6 Å². The predicted octanol–water partition coefficient (Wildman–Crippen LogP) is 1.17. The summed E-state index contributed by atoms with van der Waals surface area (Å²) in [6, 6.07) is 0. The van der Waals surface area contributed by atoms with Crippen LogP contribution >= 0.6 is 11.8 Å². The van der Waals surface area contributed by atoms with Crippen molar-refractivity contribution in [2.45, 2.75) is 43.6 Å². The summed E-state index contributed by atoms with van der Waals surface area (Å²) in [6.45, 7) is 6.11. The van der Waals surface area contributed by atoms with Crippen molar-refractivity contribution in [1.82, 2.24) is 25.5 Å². The lowest BCUT2D eigenvalue weighted by Crippen LogP contribution is -2.17. The Hall–Kier alpha value is -0.620. The third kappa shape index (κ3) is 3.79. The third-order valence-electron chi connectivity index (χ3n) is 2.26. The van der Waals surface area contributed by atoms with Gasteiger partial charge in [-0.05, 0) is 30.3 Å². The summed E-state index contributed by atoms with van der Waals surface area (Å²) < 4.78 is 1.86. The molecule has 0 radical (unpaired) electrons. The molecule has 0 saturated heterocycles. The van der Waals surface area contributed by atoms with Crippen molar-refractivity contribution in [2.75, 3.05) is 13.6 Å². The van der Waals surface area contributed by atoms with E-state index in [1.807, 2.05) is 11.7 Å². The Morgan fingerprint density at radius 1 is 1.40 bits per heavy atom. The van der Waals surface area contributed by atoms with Gasteiger partial charge >= 0.3 is 0 Å². The lowest BCUT2D eigenvalue weighted by atomic mass is 10.3. The molecule has 5 nitrogen and oxygen atoms in total. The van der Waals surface area contributed by atoms with Crippen LogP contribution in [0, 0.1) is 0 Å². The fraction of sp³-hybridized carbons (Fsp3) is 0.889. The SMILES string of the molecule is CCC(CC)Sc1nnnn1CCNC. The van der Waals surface area contributed by atoms with Gasteiger partial charge in [-0.25, -0.2) is 4.68 Å². The number of aromatic nitrogens is 4. The van der Waals surface area contributed by atoms with Crippen LogP contribution in [0.25, 0.3) is 0 Å². The minimum absolute atomic E-state index is 0.615. The van der Waals surface area contributed by atoms with E-state index in [4.69, 9.17) is 0 Å². The Kier molecular flexibility index (Phi) is 5.63. The van der Waals surface area contributed by atoms with Crippen LogP contribution in [0.15, 0.2) is 5.16 Å². The lowest BCUT2D eigenvalue weighted by Gasteiger charge is -2.10. The van der Waals surface area contributed by atoms with Crippen molar-refractivity contribution in [3.8, 4) is 0 Å². The highest BCUT2D eigenvalue weighted by molar-refractivity contribution is 7.99. The Bertz CT molecular complexity index is 271. The Balaban J connectivity index is 2.55. The quantitative estimate of drug-likeness (QED) is 0.711. The highest BCUT2D eigenvalue weighted by Gasteiger charge is 2.12. The maximum atomic E-state index is 4.04. The smallest absolute Gasteiger partial charge is 0.209 e. The van der Waals surface area contributed by atoms with Crippen molar-refractivity contribution < 1.29 is 0 Å². The monoisotopic (exact) mass is 229 g/mol. The van der Waals surface area contributed by atoms with E-state index in [2.05, 4.69) is 34.7 Å². The average molecular weight is 229 g/mol. The van der Waals surface area contributed by atoms with Gasteiger partial charge in [0.1, 0.15) is 0 Å². The van der Waals surface area contributed by atoms with Gasteiger partial charge in [-0.15, -0.1) is 5.10 Å². The molecule has 15 heavy (non-hydrogen) atoms. The minimum atomic E-state index is 0.615. The highest BCUT2D eigenvalue weighted by Crippen LogP contribution is 2.24. The molecule has 0 spiro atoms. The van der Waals surface area contributed by atoms with Crippen LogP contribution in [0.1, 0.15) is 26.7 Å². The predicted molar refractivity (Wildman–Crippen MR) is 62.0 cm³/mol. The number of tetrazole rings is 1. The molecule has 0 bridgehead atoms. The van der Waals surface area contributed by atoms with Gasteiger partial charge in [0.15, 0.2) is 0 Å². The van der Waals surface area contributed by atoms with Crippen LogP contribution in [0.2, 0.25) is 0 Å². The van der Waals surface area contributed by atoms with Gasteiger partial charge in [-0.1, -0.05) is 25.6 Å². The molecule has 0 amide bonds. The third-order valence-corrected chi connectivity index (χ3v) is 3.76. The van der Waals surface area contributed by atoms with Gasteiger partial charge in [0.2, 0.25) is 5.16 Å². The van der Waals surface area contributed by atoms with E-state index in [9.17, 15) is 0 Å². The first kappa shape index (κ1) is 12.4. The fourth-order valence-electron chi connectivity index (χ4n) is 1.24. The van der Waals surface area contributed by atoms with Crippen LogP contribution in [-0.4, -0.2) is 39.0 Å². The summed E-state index contributed by atoms with van der Waals surface area (Å²) in [5, 5.41) is 16.4. The van der Waals surface area contributed by atoms with E-state index in [-0.39, 0.29) is 0 Å². The molecule has 1 rings (SSSR count). The molecule has 0 unspecified atom stereocenters. The van der Waals surface area contributed by atoms with Gasteiger partial charge in [0.25, 0.3) is 0 Å². The van der Waals surface area contributed by atoms with E-state index in [0.29, 0.717) is 5.25 Å². The highest BCUT2D eigenvalue weighted by atomic mass is 32.2. The number of hydrogen-bond donors (Lipinski definition) is 1. The summed E-state index contributed by atoms with van der Waals surface area (Å²) in [4.78, 5) is 0. The summed E-state index contributed by atoms with van der Waals surface area (Å²) in [5.41, 5.74) is 0. The number of hydrogen-bond acceptors (Lipinski definition) is 5. The van der Waals surface area contributed by atoms with Gasteiger partial charge in [-0.2, -0.15) is 0 Å². The van der Waals surface area contributed by atoms with Gasteiger partial charge in [-0.3, -0.25) is 0 Å².